The second-order valence-electron chi connectivity index (χ2n) is 3.41. The highest BCUT2D eigenvalue weighted by molar-refractivity contribution is 5.73. The third-order valence-corrected chi connectivity index (χ3v) is 2.19. The third-order valence-electron chi connectivity index (χ3n) is 2.19. The van der Waals surface area contributed by atoms with E-state index in [9.17, 15) is 4.79 Å². The van der Waals surface area contributed by atoms with Gasteiger partial charge in [0.1, 0.15) is 6.29 Å². The Balaban J connectivity index is 3.47. The second kappa shape index (κ2) is 7.84. The molecule has 0 atom stereocenters. The minimum absolute atomic E-state index is 0.801. The monoisotopic (exact) mass is 183 g/mol. The van der Waals surface area contributed by atoms with Crippen molar-refractivity contribution >= 4 is 6.29 Å². The molecule has 0 aliphatic carbocycles. The molecular formula is C11H21NO. The largest absolute Gasteiger partial charge is 0.388 e. The summed E-state index contributed by atoms with van der Waals surface area (Å²) >= 11 is 0. The second-order valence-corrected chi connectivity index (χ2v) is 3.41. The lowest BCUT2D eigenvalue weighted by atomic mass is 10.2. The van der Waals surface area contributed by atoms with Gasteiger partial charge in [0, 0.05) is 17.8 Å². The highest BCUT2D eigenvalue weighted by atomic mass is 16.1. The smallest absolute Gasteiger partial charge is 0.147 e. The first-order valence-electron chi connectivity index (χ1n) is 5.09. The van der Waals surface area contributed by atoms with Gasteiger partial charge in [-0.1, -0.05) is 26.2 Å². The normalized spacial score (nSPS) is 12.2. The molecule has 2 heteroatoms. The number of hydrogen-bond donors (Lipinski definition) is 1. The molecule has 0 rings (SSSR count). The van der Waals surface area contributed by atoms with E-state index in [1.54, 1.807) is 0 Å². The highest BCUT2D eigenvalue weighted by Crippen LogP contribution is 1.99. The summed E-state index contributed by atoms with van der Waals surface area (Å²) in [5.74, 6) is 0. The van der Waals surface area contributed by atoms with E-state index >= 15 is 0 Å². The van der Waals surface area contributed by atoms with Crippen LogP contribution in [0.4, 0.5) is 0 Å². The lowest BCUT2D eigenvalue weighted by molar-refractivity contribution is -0.104. The van der Waals surface area contributed by atoms with E-state index < -0.39 is 0 Å². The molecule has 0 fully saturated rings. The standard InChI is InChI=1S/C11H21NO/c1-4-5-6-7-8-12-11(3)10(2)9-13/h9,12H,4-8H2,1-3H3. The Kier molecular flexibility index (Phi) is 7.36. The van der Waals surface area contributed by atoms with Crippen LogP contribution in [0.5, 0.6) is 0 Å². The Labute approximate surface area is 81.4 Å². The van der Waals surface area contributed by atoms with Crippen molar-refractivity contribution in [3.63, 3.8) is 0 Å². The van der Waals surface area contributed by atoms with Crippen LogP contribution in [0, 0.1) is 0 Å². The van der Waals surface area contributed by atoms with Crippen LogP contribution in [0.1, 0.15) is 46.5 Å². The first kappa shape index (κ1) is 12.2. The minimum Gasteiger partial charge on any atom is -0.388 e. The fourth-order valence-corrected chi connectivity index (χ4v) is 1.06. The van der Waals surface area contributed by atoms with E-state index in [-0.39, 0.29) is 0 Å². The van der Waals surface area contributed by atoms with Crippen molar-refractivity contribution in [2.45, 2.75) is 46.5 Å². The predicted molar refractivity (Wildman–Crippen MR) is 56.6 cm³/mol. The van der Waals surface area contributed by atoms with Crippen molar-refractivity contribution in [1.29, 1.82) is 0 Å². The van der Waals surface area contributed by atoms with Crippen LogP contribution in [0.15, 0.2) is 11.3 Å². The summed E-state index contributed by atoms with van der Waals surface area (Å²) in [6.45, 7) is 6.97. The lowest BCUT2D eigenvalue weighted by Crippen LogP contribution is -2.14. The van der Waals surface area contributed by atoms with Gasteiger partial charge < -0.3 is 5.32 Å². The van der Waals surface area contributed by atoms with Crippen LogP contribution in [-0.2, 0) is 4.79 Å². The van der Waals surface area contributed by atoms with Crippen LogP contribution < -0.4 is 5.32 Å². The quantitative estimate of drug-likeness (QED) is 0.373. The Morgan fingerprint density at radius 1 is 1.23 bits per heavy atom. The Morgan fingerprint density at radius 3 is 2.46 bits per heavy atom. The summed E-state index contributed by atoms with van der Waals surface area (Å²) in [6.07, 6.45) is 5.93. The molecule has 0 aliphatic heterocycles. The van der Waals surface area contributed by atoms with Gasteiger partial charge in [0.2, 0.25) is 0 Å². The number of allylic oxidation sites excluding steroid dienone is 2. The van der Waals surface area contributed by atoms with Gasteiger partial charge in [-0.3, -0.25) is 4.79 Å². The molecule has 0 radical (unpaired) electrons. The first-order valence-corrected chi connectivity index (χ1v) is 5.09. The number of carbonyl (C=O) groups is 1. The van der Waals surface area contributed by atoms with Gasteiger partial charge in [0.25, 0.3) is 0 Å². The van der Waals surface area contributed by atoms with E-state index in [1.165, 1.54) is 25.7 Å². The fraction of sp³-hybridized carbons (Fsp3) is 0.727. The molecule has 1 N–H and O–H groups in total. The van der Waals surface area contributed by atoms with Crippen LogP contribution in [0.3, 0.4) is 0 Å². The number of hydrogen-bond acceptors (Lipinski definition) is 2. The zero-order valence-electron chi connectivity index (χ0n) is 9.02. The molecule has 0 spiro atoms. The minimum atomic E-state index is 0.801. The molecule has 0 bridgehead atoms. The van der Waals surface area contributed by atoms with Crippen LogP contribution >= 0.6 is 0 Å². The average molecular weight is 183 g/mol. The molecule has 0 amide bonds. The van der Waals surface area contributed by atoms with Crippen molar-refractivity contribution in [3.8, 4) is 0 Å². The number of rotatable bonds is 7. The summed E-state index contributed by atoms with van der Waals surface area (Å²) < 4.78 is 0. The number of unbranched alkanes of at least 4 members (excludes halogenated alkanes) is 3. The summed E-state index contributed by atoms with van der Waals surface area (Å²) in [7, 11) is 0. The molecule has 0 saturated carbocycles. The topological polar surface area (TPSA) is 29.1 Å². The van der Waals surface area contributed by atoms with E-state index in [2.05, 4.69) is 12.2 Å². The van der Waals surface area contributed by atoms with Gasteiger partial charge in [0.15, 0.2) is 0 Å². The molecule has 13 heavy (non-hydrogen) atoms. The summed E-state index contributed by atoms with van der Waals surface area (Å²) in [6, 6.07) is 0. The van der Waals surface area contributed by atoms with Crippen LogP contribution in [0.2, 0.25) is 0 Å². The van der Waals surface area contributed by atoms with E-state index in [4.69, 9.17) is 0 Å². The average Bonchev–Trinajstić information content (AvgIpc) is 2.16. The highest BCUT2D eigenvalue weighted by Gasteiger charge is 1.93. The maximum atomic E-state index is 10.4. The molecule has 0 aromatic rings. The Hall–Kier alpha value is -0.790. The van der Waals surface area contributed by atoms with Gasteiger partial charge in [-0.2, -0.15) is 0 Å². The number of carbonyl (C=O) groups excluding carboxylic acids is 1. The molecule has 0 aromatic heterocycles. The summed E-state index contributed by atoms with van der Waals surface area (Å²) in [5.41, 5.74) is 1.81. The predicted octanol–water partition coefficient (Wildman–Crippen LogP) is 2.65. The molecule has 0 aromatic carbocycles. The van der Waals surface area contributed by atoms with Crippen molar-refractivity contribution in [3.05, 3.63) is 11.3 Å². The molecule has 0 saturated heterocycles. The summed E-state index contributed by atoms with van der Waals surface area (Å²) in [5, 5.41) is 3.24. The van der Waals surface area contributed by atoms with Crippen LogP contribution in [-0.4, -0.2) is 12.8 Å². The molecule has 0 aliphatic rings. The van der Waals surface area contributed by atoms with Gasteiger partial charge in [0.05, 0.1) is 0 Å². The number of aldehydes is 1. The van der Waals surface area contributed by atoms with Crippen LogP contribution in [0.25, 0.3) is 0 Å². The molecular weight excluding hydrogens is 162 g/mol. The zero-order chi connectivity index (χ0) is 10.1. The van der Waals surface area contributed by atoms with Crippen molar-refractivity contribution in [2.75, 3.05) is 6.54 Å². The third kappa shape index (κ3) is 6.38. The van der Waals surface area contributed by atoms with Crippen molar-refractivity contribution < 1.29 is 4.79 Å². The van der Waals surface area contributed by atoms with E-state index in [0.717, 1.165) is 24.1 Å². The molecule has 76 valence electrons. The van der Waals surface area contributed by atoms with Gasteiger partial charge in [-0.25, -0.2) is 0 Å². The first-order chi connectivity index (χ1) is 6.22. The van der Waals surface area contributed by atoms with Gasteiger partial charge >= 0.3 is 0 Å². The van der Waals surface area contributed by atoms with E-state index in [1.807, 2.05) is 13.8 Å². The van der Waals surface area contributed by atoms with Crippen molar-refractivity contribution in [2.24, 2.45) is 0 Å². The fourth-order valence-electron chi connectivity index (χ4n) is 1.06. The van der Waals surface area contributed by atoms with Gasteiger partial charge in [-0.15, -0.1) is 0 Å². The number of nitrogens with one attached hydrogen (secondary N) is 1. The Morgan fingerprint density at radius 2 is 1.92 bits per heavy atom. The Bertz CT molecular complexity index is 173. The molecule has 0 unspecified atom stereocenters. The van der Waals surface area contributed by atoms with E-state index in [0.29, 0.717) is 0 Å². The maximum Gasteiger partial charge on any atom is 0.147 e. The maximum absolute atomic E-state index is 10.4. The van der Waals surface area contributed by atoms with Gasteiger partial charge in [-0.05, 0) is 20.3 Å². The SMILES string of the molecule is CCCCCCNC(C)=C(C)C=O. The van der Waals surface area contributed by atoms with Crippen molar-refractivity contribution in [1.82, 2.24) is 5.32 Å². The lowest BCUT2D eigenvalue weighted by Gasteiger charge is -2.06. The molecule has 0 heterocycles. The summed E-state index contributed by atoms with van der Waals surface area (Å²) in [4.78, 5) is 10.4. The zero-order valence-corrected chi connectivity index (χ0v) is 9.02. The molecule has 2 nitrogen and oxygen atoms in total.